The van der Waals surface area contributed by atoms with Crippen LogP contribution in [0.1, 0.15) is 13.8 Å². The Morgan fingerprint density at radius 2 is 2.00 bits per heavy atom. The second kappa shape index (κ2) is 3.42. The van der Waals surface area contributed by atoms with Crippen molar-refractivity contribution >= 4 is 17.3 Å². The summed E-state index contributed by atoms with van der Waals surface area (Å²) in [5.41, 5.74) is 2.29. The van der Waals surface area contributed by atoms with Gasteiger partial charge in [0, 0.05) is 6.04 Å². The first-order valence-corrected chi connectivity index (χ1v) is 5.00. The van der Waals surface area contributed by atoms with Gasteiger partial charge in [0.25, 0.3) is 5.91 Å². The van der Waals surface area contributed by atoms with E-state index in [1.807, 2.05) is 38.1 Å². The third kappa shape index (κ3) is 1.50. The van der Waals surface area contributed by atoms with Crippen molar-refractivity contribution in [3.63, 3.8) is 0 Å². The molecule has 1 heterocycles. The number of carbonyl (C=O) groups is 1. The number of nitrogens with one attached hydrogen (secondary N) is 1. The van der Waals surface area contributed by atoms with Gasteiger partial charge in [-0.25, -0.2) is 0 Å². The number of rotatable bonds is 1. The average molecular weight is 202 g/mol. The molecule has 0 saturated carbocycles. The molecule has 0 radical (unpaired) electrons. The van der Waals surface area contributed by atoms with E-state index in [4.69, 9.17) is 0 Å². The van der Waals surface area contributed by atoms with Gasteiger partial charge in [0.05, 0.1) is 17.1 Å². The van der Waals surface area contributed by atoms with Crippen LogP contribution in [0.15, 0.2) is 36.5 Å². The molecular formula is C12H14N2O. The van der Waals surface area contributed by atoms with Crippen molar-refractivity contribution in [1.82, 2.24) is 0 Å². The second-order valence-electron chi connectivity index (χ2n) is 3.89. The van der Waals surface area contributed by atoms with Crippen LogP contribution in [0.4, 0.5) is 11.4 Å². The Morgan fingerprint density at radius 3 is 2.67 bits per heavy atom. The highest BCUT2D eigenvalue weighted by Crippen LogP contribution is 2.33. The fourth-order valence-electron chi connectivity index (χ4n) is 1.77. The first kappa shape index (κ1) is 9.77. The van der Waals surface area contributed by atoms with Crippen molar-refractivity contribution in [2.45, 2.75) is 19.9 Å². The predicted molar refractivity (Wildman–Crippen MR) is 61.8 cm³/mol. The Hall–Kier alpha value is -1.77. The van der Waals surface area contributed by atoms with Gasteiger partial charge in [-0.05, 0) is 26.0 Å². The van der Waals surface area contributed by atoms with E-state index >= 15 is 0 Å². The number of hydrogen-bond donors (Lipinski definition) is 1. The zero-order valence-corrected chi connectivity index (χ0v) is 8.95. The lowest BCUT2D eigenvalue weighted by Crippen LogP contribution is -2.42. The summed E-state index contributed by atoms with van der Waals surface area (Å²) >= 11 is 0. The Kier molecular flexibility index (Phi) is 2.23. The van der Waals surface area contributed by atoms with E-state index in [0.717, 1.165) is 11.4 Å². The van der Waals surface area contributed by atoms with E-state index in [2.05, 4.69) is 11.9 Å². The van der Waals surface area contributed by atoms with Crippen LogP contribution in [0.25, 0.3) is 0 Å². The number of carbonyl (C=O) groups excluding carboxylic acids is 1. The molecule has 0 aromatic heterocycles. The van der Waals surface area contributed by atoms with Gasteiger partial charge in [-0.15, -0.1) is 0 Å². The summed E-state index contributed by atoms with van der Waals surface area (Å²) in [4.78, 5) is 13.7. The van der Waals surface area contributed by atoms with E-state index in [0.29, 0.717) is 5.70 Å². The smallest absolute Gasteiger partial charge is 0.274 e. The van der Waals surface area contributed by atoms with Crippen LogP contribution in [-0.4, -0.2) is 11.9 Å². The van der Waals surface area contributed by atoms with Crippen molar-refractivity contribution in [3.8, 4) is 0 Å². The Morgan fingerprint density at radius 1 is 1.33 bits per heavy atom. The molecule has 2 rings (SSSR count). The zero-order valence-electron chi connectivity index (χ0n) is 8.95. The van der Waals surface area contributed by atoms with Crippen LogP contribution < -0.4 is 10.2 Å². The minimum absolute atomic E-state index is 0.0521. The summed E-state index contributed by atoms with van der Waals surface area (Å²) in [6.07, 6.45) is 0. The molecular weight excluding hydrogens is 188 g/mol. The monoisotopic (exact) mass is 202 g/mol. The summed E-state index contributed by atoms with van der Waals surface area (Å²) in [6.45, 7) is 7.71. The lowest BCUT2D eigenvalue weighted by Gasteiger charge is -2.33. The fraction of sp³-hybridized carbons (Fsp3) is 0.250. The summed E-state index contributed by atoms with van der Waals surface area (Å²) in [7, 11) is 0. The first-order valence-electron chi connectivity index (χ1n) is 5.00. The minimum atomic E-state index is -0.0521. The van der Waals surface area contributed by atoms with Gasteiger partial charge >= 0.3 is 0 Å². The highest BCUT2D eigenvalue weighted by molar-refractivity contribution is 6.12. The molecule has 0 saturated heterocycles. The van der Waals surface area contributed by atoms with Crippen LogP contribution in [0, 0.1) is 0 Å². The van der Waals surface area contributed by atoms with Gasteiger partial charge in [-0.3, -0.25) is 4.79 Å². The van der Waals surface area contributed by atoms with Gasteiger partial charge in [-0.1, -0.05) is 18.7 Å². The zero-order chi connectivity index (χ0) is 11.0. The largest absolute Gasteiger partial charge is 0.350 e. The van der Waals surface area contributed by atoms with Crippen LogP contribution in [0.2, 0.25) is 0 Å². The number of fused-ring (bicyclic) bond motifs is 1. The number of para-hydroxylation sites is 2. The fourth-order valence-corrected chi connectivity index (χ4v) is 1.77. The molecule has 1 aliphatic heterocycles. The van der Waals surface area contributed by atoms with Crippen LogP contribution in [0.3, 0.4) is 0 Å². The molecule has 0 atom stereocenters. The maximum absolute atomic E-state index is 11.9. The quantitative estimate of drug-likeness (QED) is 0.709. The maximum Gasteiger partial charge on any atom is 0.274 e. The van der Waals surface area contributed by atoms with E-state index in [9.17, 15) is 4.79 Å². The van der Waals surface area contributed by atoms with Gasteiger partial charge in [0.15, 0.2) is 0 Å². The second-order valence-corrected chi connectivity index (χ2v) is 3.89. The molecule has 1 N–H and O–H groups in total. The number of nitrogens with zero attached hydrogens (tertiary/aromatic N) is 1. The Labute approximate surface area is 89.4 Å². The summed E-state index contributed by atoms with van der Waals surface area (Å²) in [5, 5.41) is 3.01. The van der Waals surface area contributed by atoms with Crippen LogP contribution >= 0.6 is 0 Å². The molecule has 0 aliphatic carbocycles. The third-order valence-corrected chi connectivity index (χ3v) is 2.44. The highest BCUT2D eigenvalue weighted by atomic mass is 16.2. The summed E-state index contributed by atoms with van der Waals surface area (Å²) in [5.74, 6) is -0.0521. The van der Waals surface area contributed by atoms with Crippen LogP contribution in [0.5, 0.6) is 0 Å². The third-order valence-electron chi connectivity index (χ3n) is 2.44. The molecule has 3 heteroatoms. The maximum atomic E-state index is 11.9. The molecule has 3 nitrogen and oxygen atoms in total. The average Bonchev–Trinajstić information content (AvgIpc) is 2.19. The number of amides is 1. The Bertz CT molecular complexity index is 423. The van der Waals surface area contributed by atoms with E-state index in [1.165, 1.54) is 0 Å². The van der Waals surface area contributed by atoms with E-state index in [-0.39, 0.29) is 11.9 Å². The minimum Gasteiger partial charge on any atom is -0.350 e. The van der Waals surface area contributed by atoms with Gasteiger partial charge in [0.1, 0.15) is 0 Å². The van der Waals surface area contributed by atoms with Gasteiger partial charge in [0.2, 0.25) is 0 Å². The first-order chi connectivity index (χ1) is 7.11. The van der Waals surface area contributed by atoms with Crippen molar-refractivity contribution in [2.75, 3.05) is 10.2 Å². The van der Waals surface area contributed by atoms with Crippen LogP contribution in [-0.2, 0) is 4.79 Å². The number of hydrogen-bond acceptors (Lipinski definition) is 2. The Balaban J connectivity index is 2.54. The van der Waals surface area contributed by atoms with Gasteiger partial charge in [-0.2, -0.15) is 0 Å². The standard InChI is InChI=1S/C12H14N2O/c1-8(2)14-11-7-5-4-6-10(11)13-9(3)12(14)15/h4-8,13H,3H2,1-2H3. The van der Waals surface area contributed by atoms with E-state index < -0.39 is 0 Å². The lowest BCUT2D eigenvalue weighted by atomic mass is 10.1. The topological polar surface area (TPSA) is 32.3 Å². The number of benzene rings is 1. The molecule has 0 bridgehead atoms. The molecule has 0 unspecified atom stereocenters. The predicted octanol–water partition coefficient (Wildman–Crippen LogP) is 2.37. The molecule has 78 valence electrons. The van der Waals surface area contributed by atoms with Crippen molar-refractivity contribution in [2.24, 2.45) is 0 Å². The van der Waals surface area contributed by atoms with Gasteiger partial charge < -0.3 is 10.2 Å². The molecule has 1 aliphatic rings. The van der Waals surface area contributed by atoms with Crippen molar-refractivity contribution < 1.29 is 4.79 Å². The molecule has 1 aromatic rings. The van der Waals surface area contributed by atoms with Crippen molar-refractivity contribution in [3.05, 3.63) is 36.5 Å². The summed E-state index contributed by atoms with van der Waals surface area (Å²) < 4.78 is 0. The molecule has 0 spiro atoms. The molecule has 0 fully saturated rings. The molecule has 1 amide bonds. The normalized spacial score (nSPS) is 15.3. The van der Waals surface area contributed by atoms with Crippen molar-refractivity contribution in [1.29, 1.82) is 0 Å². The SMILES string of the molecule is C=C1Nc2ccccc2N(C(C)C)C1=O. The molecule has 15 heavy (non-hydrogen) atoms. The number of anilines is 2. The highest BCUT2D eigenvalue weighted by Gasteiger charge is 2.28. The lowest BCUT2D eigenvalue weighted by molar-refractivity contribution is -0.115. The van der Waals surface area contributed by atoms with E-state index in [1.54, 1.807) is 4.90 Å². The molecule has 1 aromatic carbocycles. The summed E-state index contributed by atoms with van der Waals surface area (Å²) in [6, 6.07) is 7.89.